The number of piperazine rings is 1. The smallest absolute Gasteiger partial charge is 0.329 e. The third kappa shape index (κ3) is 8.51. The second kappa shape index (κ2) is 15.9. The fourth-order valence-corrected chi connectivity index (χ4v) is 7.83. The molecule has 0 radical (unpaired) electrons. The minimum atomic E-state index is -0.396. The van der Waals surface area contributed by atoms with E-state index in [1.807, 2.05) is 59.0 Å². The van der Waals surface area contributed by atoms with Crippen LogP contribution in [0.15, 0.2) is 76.4 Å². The van der Waals surface area contributed by atoms with Gasteiger partial charge in [0.1, 0.15) is 5.84 Å². The van der Waals surface area contributed by atoms with Gasteiger partial charge in [0, 0.05) is 78.4 Å². The first kappa shape index (κ1) is 39.6. The number of pyridine rings is 1. The molecule has 5 aromatic rings. The predicted octanol–water partition coefficient (Wildman–Crippen LogP) is 6.20. The molecule has 2 fully saturated rings. The number of urea groups is 1. The first-order valence-corrected chi connectivity index (χ1v) is 20.3. The standard InChI is InChI=1S/C44H51N11O4/c1-27-23-30(9-12-33(27)28(2)47-40(57)39-49-41(59-52-39)43(3,4)5)37-34-24-31(25-45-38(34)51-50-37)29-7-10-32(11-8-29)54-21-19-53(20-22-54)18-16-44(6)15-13-35(46-26-44)55-17-14-36(56)48-42(55)58/h7-13,15,23-25,28H,14,16-22,26H2,1-6H3,(H,47,57)(H,45,50,51)(H,48,56,58)/t28-,44?/m1/s1. The Bertz CT molecular complexity index is 2450. The van der Waals surface area contributed by atoms with Gasteiger partial charge in [0.2, 0.25) is 11.8 Å². The zero-order valence-corrected chi connectivity index (χ0v) is 34.5. The van der Waals surface area contributed by atoms with Crippen molar-refractivity contribution in [3.8, 4) is 22.4 Å². The van der Waals surface area contributed by atoms with Gasteiger partial charge in [0.25, 0.3) is 11.7 Å². The third-order valence-electron chi connectivity index (χ3n) is 11.6. The first-order chi connectivity index (χ1) is 28.2. The van der Waals surface area contributed by atoms with Gasteiger partial charge in [-0.2, -0.15) is 10.1 Å². The molecule has 4 amide bonds. The van der Waals surface area contributed by atoms with Crippen molar-refractivity contribution in [1.29, 1.82) is 0 Å². The number of fused-ring (bicyclic) bond motifs is 1. The Balaban J connectivity index is 0.860. The van der Waals surface area contributed by atoms with Gasteiger partial charge in [-0.1, -0.05) is 63.2 Å². The fourth-order valence-electron chi connectivity index (χ4n) is 7.83. The zero-order chi connectivity index (χ0) is 41.5. The van der Waals surface area contributed by atoms with E-state index in [0.717, 1.165) is 78.0 Å². The molecule has 59 heavy (non-hydrogen) atoms. The molecule has 3 N–H and O–H groups in total. The highest BCUT2D eigenvalue weighted by atomic mass is 16.5. The molecular formula is C44H51N11O4. The Labute approximate surface area is 343 Å². The molecule has 306 valence electrons. The number of hydrogen-bond donors (Lipinski definition) is 3. The van der Waals surface area contributed by atoms with Crippen molar-refractivity contribution in [2.75, 3.05) is 50.7 Å². The van der Waals surface area contributed by atoms with Gasteiger partial charge >= 0.3 is 6.03 Å². The van der Waals surface area contributed by atoms with E-state index >= 15 is 0 Å². The van der Waals surface area contributed by atoms with Crippen LogP contribution in [0.3, 0.4) is 0 Å². The molecule has 2 saturated heterocycles. The number of aryl methyl sites for hydroxylation is 1. The number of aromatic amines is 1. The summed E-state index contributed by atoms with van der Waals surface area (Å²) in [6.07, 6.45) is 7.23. The Morgan fingerprint density at radius 2 is 1.76 bits per heavy atom. The summed E-state index contributed by atoms with van der Waals surface area (Å²) in [5.41, 5.74) is 7.37. The van der Waals surface area contributed by atoms with Crippen LogP contribution in [0.2, 0.25) is 0 Å². The van der Waals surface area contributed by atoms with E-state index in [0.29, 0.717) is 36.9 Å². The summed E-state index contributed by atoms with van der Waals surface area (Å²) in [4.78, 5) is 56.9. The number of aliphatic imine (C=N–C) groups is 1. The summed E-state index contributed by atoms with van der Waals surface area (Å²) < 4.78 is 5.31. The average molecular weight is 798 g/mol. The Kier molecular flexibility index (Phi) is 10.6. The van der Waals surface area contributed by atoms with Crippen molar-refractivity contribution in [3.63, 3.8) is 0 Å². The van der Waals surface area contributed by atoms with Gasteiger partial charge < -0.3 is 14.7 Å². The number of amidine groups is 1. The molecular weight excluding hydrogens is 747 g/mol. The topological polar surface area (TPSA) is 178 Å². The average Bonchev–Trinajstić information content (AvgIpc) is 3.90. The molecule has 0 bridgehead atoms. The first-order valence-electron chi connectivity index (χ1n) is 20.3. The van der Waals surface area contributed by atoms with E-state index in [9.17, 15) is 14.4 Å². The lowest BCUT2D eigenvalue weighted by molar-refractivity contribution is -0.121. The number of carbonyl (C=O) groups excluding carboxylic acids is 3. The molecule has 2 atom stereocenters. The van der Waals surface area contributed by atoms with Crippen LogP contribution in [-0.4, -0.2) is 105 Å². The second-order valence-electron chi connectivity index (χ2n) is 17.2. The molecule has 0 spiro atoms. The lowest BCUT2D eigenvalue weighted by atomic mass is 9.84. The number of rotatable bonds is 9. The van der Waals surface area contributed by atoms with E-state index in [-0.39, 0.29) is 34.5 Å². The van der Waals surface area contributed by atoms with Gasteiger partial charge in [-0.15, -0.1) is 0 Å². The number of anilines is 1. The number of aromatic nitrogens is 5. The van der Waals surface area contributed by atoms with E-state index in [1.54, 1.807) is 4.90 Å². The maximum atomic E-state index is 12.9. The van der Waals surface area contributed by atoms with Crippen molar-refractivity contribution in [2.24, 2.45) is 10.4 Å². The van der Waals surface area contributed by atoms with Crippen LogP contribution in [0.5, 0.6) is 0 Å². The number of amides is 4. The molecule has 8 rings (SSSR count). The highest BCUT2D eigenvalue weighted by Gasteiger charge is 2.31. The number of benzene rings is 2. The second-order valence-corrected chi connectivity index (χ2v) is 17.2. The van der Waals surface area contributed by atoms with Gasteiger partial charge in [-0.05, 0) is 73.8 Å². The monoisotopic (exact) mass is 797 g/mol. The van der Waals surface area contributed by atoms with Crippen molar-refractivity contribution < 1.29 is 18.9 Å². The molecule has 6 heterocycles. The van der Waals surface area contributed by atoms with E-state index in [2.05, 4.69) is 90.2 Å². The van der Waals surface area contributed by atoms with Crippen molar-refractivity contribution >= 4 is 40.4 Å². The molecule has 2 aromatic carbocycles. The molecule has 3 aliphatic heterocycles. The van der Waals surface area contributed by atoms with Crippen LogP contribution in [0, 0.1) is 12.3 Å². The fraction of sp³-hybridized carbons (Fsp3) is 0.409. The third-order valence-corrected chi connectivity index (χ3v) is 11.6. The van der Waals surface area contributed by atoms with Crippen LogP contribution in [0.4, 0.5) is 10.5 Å². The number of nitrogens with zero attached hydrogens (tertiary/aromatic N) is 8. The lowest BCUT2D eigenvalue weighted by Gasteiger charge is -2.38. The molecule has 0 saturated carbocycles. The number of carbonyl (C=O) groups is 3. The van der Waals surface area contributed by atoms with Gasteiger partial charge in [-0.3, -0.25) is 34.8 Å². The Hall–Kier alpha value is -6.22. The summed E-state index contributed by atoms with van der Waals surface area (Å²) in [7, 11) is 0. The Morgan fingerprint density at radius 3 is 2.44 bits per heavy atom. The quantitative estimate of drug-likeness (QED) is 0.156. The number of dihydropyridines is 1. The summed E-state index contributed by atoms with van der Waals surface area (Å²) in [6, 6.07) is 16.3. The van der Waals surface area contributed by atoms with Gasteiger partial charge in [-0.25, -0.2) is 9.78 Å². The number of H-pyrrole nitrogens is 1. The van der Waals surface area contributed by atoms with Crippen LogP contribution >= 0.6 is 0 Å². The summed E-state index contributed by atoms with van der Waals surface area (Å²) in [5.74, 6) is 0.436. The van der Waals surface area contributed by atoms with Gasteiger partial charge in [0.05, 0.1) is 18.3 Å². The SMILES string of the molecule is Cc1cc(-c2[nH]nc3ncc(-c4ccc(N5CCN(CCC6(C)C=CC(N7CCC(=O)NC7=O)=NC6)CC5)cc4)cc23)ccc1[C@@H](C)NC(=O)c1noc(C(C)(C)C)n1. The molecule has 15 nitrogen and oxygen atoms in total. The van der Waals surface area contributed by atoms with Crippen LogP contribution in [0.25, 0.3) is 33.4 Å². The van der Waals surface area contributed by atoms with E-state index in [4.69, 9.17) is 14.5 Å². The maximum absolute atomic E-state index is 12.9. The molecule has 1 unspecified atom stereocenters. The number of hydrogen-bond acceptors (Lipinski definition) is 11. The molecule has 15 heteroatoms. The minimum Gasteiger partial charge on any atom is -0.369 e. The normalized spacial score (nSPS) is 19.5. The highest BCUT2D eigenvalue weighted by Crippen LogP contribution is 2.33. The summed E-state index contributed by atoms with van der Waals surface area (Å²) in [5, 5.41) is 17.9. The zero-order valence-electron chi connectivity index (χ0n) is 34.5. The summed E-state index contributed by atoms with van der Waals surface area (Å²) >= 11 is 0. The van der Waals surface area contributed by atoms with Crippen LogP contribution in [0.1, 0.15) is 81.1 Å². The predicted molar refractivity (Wildman–Crippen MR) is 226 cm³/mol. The van der Waals surface area contributed by atoms with Crippen LogP contribution in [-0.2, 0) is 10.2 Å². The highest BCUT2D eigenvalue weighted by molar-refractivity contribution is 6.09. The van der Waals surface area contributed by atoms with Gasteiger partial charge in [0.15, 0.2) is 5.65 Å². The number of nitrogens with one attached hydrogen (secondary N) is 3. The van der Waals surface area contributed by atoms with Crippen LogP contribution < -0.4 is 15.5 Å². The minimum absolute atomic E-state index is 0.0203. The summed E-state index contributed by atoms with van der Waals surface area (Å²) in [6.45, 7) is 17.9. The lowest BCUT2D eigenvalue weighted by Crippen LogP contribution is -2.52. The van der Waals surface area contributed by atoms with Crippen molar-refractivity contribution in [1.82, 2.24) is 45.8 Å². The van der Waals surface area contributed by atoms with Crippen molar-refractivity contribution in [3.05, 3.63) is 89.7 Å². The van der Waals surface area contributed by atoms with Crippen molar-refractivity contribution in [2.45, 2.75) is 65.8 Å². The number of imide groups is 1. The van der Waals surface area contributed by atoms with E-state index in [1.165, 1.54) is 5.69 Å². The maximum Gasteiger partial charge on any atom is 0.329 e. The Morgan fingerprint density at radius 1 is 1.00 bits per heavy atom. The largest absolute Gasteiger partial charge is 0.369 e. The molecule has 3 aromatic heterocycles. The van der Waals surface area contributed by atoms with E-state index < -0.39 is 6.03 Å². The molecule has 0 aliphatic carbocycles. The molecule has 3 aliphatic rings.